The Balaban J connectivity index is 1.66. The van der Waals surface area contributed by atoms with E-state index in [2.05, 4.69) is 10.1 Å². The summed E-state index contributed by atoms with van der Waals surface area (Å²) < 4.78 is 4.55. The second-order valence-electron chi connectivity index (χ2n) is 6.88. The summed E-state index contributed by atoms with van der Waals surface area (Å²) in [4.78, 5) is 50.5. The highest BCUT2D eigenvalue weighted by Crippen LogP contribution is 2.30. The van der Waals surface area contributed by atoms with Gasteiger partial charge < -0.3 is 15.2 Å². The van der Waals surface area contributed by atoms with Crippen LogP contribution in [0.1, 0.15) is 40.5 Å². The Bertz CT molecular complexity index is 934. The van der Waals surface area contributed by atoms with Crippen LogP contribution in [0.25, 0.3) is 10.8 Å². The number of carbonyl (C=O) groups excluding carboxylic acids is 4. The van der Waals surface area contributed by atoms with E-state index in [0.717, 1.165) is 17.4 Å². The van der Waals surface area contributed by atoms with Gasteiger partial charge in [0.05, 0.1) is 13.2 Å². The Hall–Kier alpha value is -3.26. The van der Waals surface area contributed by atoms with Crippen LogP contribution in [0, 0.1) is 0 Å². The van der Waals surface area contributed by atoms with Crippen LogP contribution >= 0.6 is 0 Å². The van der Waals surface area contributed by atoms with Gasteiger partial charge in [0.15, 0.2) is 6.04 Å². The quantitative estimate of drug-likeness (QED) is 0.536. The number of aliphatic hydroxyl groups is 1. The monoisotopic (exact) mass is 398 g/mol. The van der Waals surface area contributed by atoms with Crippen molar-refractivity contribution in [3.63, 3.8) is 0 Å². The maximum atomic E-state index is 12.8. The predicted molar refractivity (Wildman–Crippen MR) is 104 cm³/mol. The third-order valence-corrected chi connectivity index (χ3v) is 4.90. The molecule has 0 aromatic heterocycles. The highest BCUT2D eigenvalue weighted by Gasteiger charge is 2.32. The van der Waals surface area contributed by atoms with Crippen molar-refractivity contribution in [3.8, 4) is 0 Å². The van der Waals surface area contributed by atoms with Gasteiger partial charge >= 0.3 is 5.97 Å². The number of aliphatic hydroxyl groups excluding tert-OH is 1. The molecule has 2 aromatic carbocycles. The molecule has 0 aliphatic carbocycles. The number of rotatable bonds is 7. The SMILES string of the molecule is COC(=O)C(NC(=O)CCCN1C(=O)c2cccc3cccc(c23)C1=O)C(C)O. The first-order valence-electron chi connectivity index (χ1n) is 9.28. The van der Waals surface area contributed by atoms with Gasteiger partial charge in [0.2, 0.25) is 5.91 Å². The number of nitrogens with one attached hydrogen (secondary N) is 1. The van der Waals surface area contributed by atoms with Crippen molar-refractivity contribution in [2.45, 2.75) is 31.9 Å². The standard InChI is InChI=1S/C21H22N2O6/c1-12(24)18(21(28)29-2)22-16(25)10-5-11-23-19(26)14-8-3-6-13-7-4-9-15(17(13)14)20(23)27/h3-4,6-9,12,18,24H,5,10-11H2,1-2H3,(H,22,25). The number of imide groups is 1. The Labute approximate surface area is 167 Å². The minimum atomic E-state index is -1.17. The van der Waals surface area contributed by atoms with Crippen LogP contribution in [0.2, 0.25) is 0 Å². The summed E-state index contributed by atoms with van der Waals surface area (Å²) >= 11 is 0. The normalized spacial score (nSPS) is 15.2. The summed E-state index contributed by atoms with van der Waals surface area (Å²) in [6.07, 6.45) is -0.924. The Kier molecular flexibility index (Phi) is 5.93. The van der Waals surface area contributed by atoms with Gasteiger partial charge in [0, 0.05) is 29.5 Å². The molecule has 2 N–H and O–H groups in total. The third kappa shape index (κ3) is 3.97. The molecule has 8 heteroatoms. The van der Waals surface area contributed by atoms with Crippen molar-refractivity contribution in [2.24, 2.45) is 0 Å². The van der Waals surface area contributed by atoms with Crippen molar-refractivity contribution >= 4 is 34.5 Å². The molecule has 0 bridgehead atoms. The molecule has 0 saturated heterocycles. The van der Waals surface area contributed by atoms with Crippen LogP contribution < -0.4 is 5.32 Å². The van der Waals surface area contributed by atoms with Gasteiger partial charge in [0.1, 0.15) is 0 Å². The molecule has 1 aliphatic heterocycles. The van der Waals surface area contributed by atoms with Crippen LogP contribution in [0.15, 0.2) is 36.4 Å². The summed E-state index contributed by atoms with van der Waals surface area (Å²) in [5, 5.41) is 13.5. The van der Waals surface area contributed by atoms with E-state index in [9.17, 15) is 24.3 Å². The maximum absolute atomic E-state index is 12.8. The fourth-order valence-corrected chi connectivity index (χ4v) is 3.43. The predicted octanol–water partition coefficient (Wildman–Crippen LogP) is 1.25. The fraction of sp³-hybridized carbons (Fsp3) is 0.333. The first-order valence-corrected chi connectivity index (χ1v) is 9.28. The lowest BCUT2D eigenvalue weighted by Gasteiger charge is -2.27. The van der Waals surface area contributed by atoms with Gasteiger partial charge in [-0.2, -0.15) is 0 Å². The summed E-state index contributed by atoms with van der Waals surface area (Å²) in [5.74, 6) is -2.02. The molecule has 0 radical (unpaired) electrons. The lowest BCUT2D eigenvalue weighted by Crippen LogP contribution is -2.48. The molecule has 2 atom stereocenters. The molecule has 152 valence electrons. The molecule has 2 unspecified atom stereocenters. The largest absolute Gasteiger partial charge is 0.467 e. The molecule has 2 aromatic rings. The summed E-state index contributed by atoms with van der Waals surface area (Å²) in [6.45, 7) is 1.43. The first-order chi connectivity index (χ1) is 13.8. The third-order valence-electron chi connectivity index (χ3n) is 4.90. The van der Waals surface area contributed by atoms with E-state index in [-0.39, 0.29) is 19.4 Å². The highest BCUT2D eigenvalue weighted by atomic mass is 16.5. The minimum absolute atomic E-state index is 0.0247. The van der Waals surface area contributed by atoms with Gasteiger partial charge in [-0.3, -0.25) is 19.3 Å². The smallest absolute Gasteiger partial charge is 0.331 e. The molecular formula is C21H22N2O6. The van der Waals surface area contributed by atoms with E-state index >= 15 is 0 Å². The van der Waals surface area contributed by atoms with E-state index in [0.29, 0.717) is 16.5 Å². The van der Waals surface area contributed by atoms with Crippen LogP contribution in [0.5, 0.6) is 0 Å². The molecule has 0 saturated carbocycles. The van der Waals surface area contributed by atoms with Gasteiger partial charge in [0.25, 0.3) is 11.8 Å². The van der Waals surface area contributed by atoms with Crippen LogP contribution in [-0.2, 0) is 14.3 Å². The summed E-state index contributed by atoms with van der Waals surface area (Å²) in [5.41, 5.74) is 0.920. The zero-order valence-corrected chi connectivity index (χ0v) is 16.2. The van der Waals surface area contributed by atoms with Crippen molar-refractivity contribution in [3.05, 3.63) is 47.5 Å². The lowest BCUT2D eigenvalue weighted by molar-refractivity contribution is -0.148. The van der Waals surface area contributed by atoms with Crippen molar-refractivity contribution < 1.29 is 29.0 Å². The Morgan fingerprint density at radius 2 is 1.69 bits per heavy atom. The average Bonchev–Trinajstić information content (AvgIpc) is 2.71. The number of hydrogen-bond acceptors (Lipinski definition) is 6. The number of carbonyl (C=O) groups is 4. The number of hydrogen-bond donors (Lipinski definition) is 2. The number of amides is 3. The molecule has 0 fully saturated rings. The van der Waals surface area contributed by atoms with Gasteiger partial charge in [-0.05, 0) is 30.9 Å². The van der Waals surface area contributed by atoms with E-state index in [1.807, 2.05) is 12.1 Å². The Morgan fingerprint density at radius 1 is 1.10 bits per heavy atom. The maximum Gasteiger partial charge on any atom is 0.331 e. The molecule has 29 heavy (non-hydrogen) atoms. The minimum Gasteiger partial charge on any atom is -0.467 e. The van der Waals surface area contributed by atoms with E-state index in [1.54, 1.807) is 24.3 Å². The number of ether oxygens (including phenoxy) is 1. The van der Waals surface area contributed by atoms with Gasteiger partial charge in [-0.25, -0.2) is 4.79 Å². The highest BCUT2D eigenvalue weighted by molar-refractivity contribution is 6.25. The second-order valence-corrected chi connectivity index (χ2v) is 6.88. The topological polar surface area (TPSA) is 113 Å². The van der Waals surface area contributed by atoms with Crippen molar-refractivity contribution in [1.29, 1.82) is 0 Å². The lowest BCUT2D eigenvalue weighted by atomic mass is 9.94. The molecule has 1 aliphatic rings. The zero-order chi connectivity index (χ0) is 21.1. The molecule has 0 spiro atoms. The number of nitrogens with zero attached hydrogens (tertiary/aromatic N) is 1. The molecule has 3 rings (SSSR count). The van der Waals surface area contributed by atoms with Crippen LogP contribution in [0.4, 0.5) is 0 Å². The van der Waals surface area contributed by atoms with E-state index in [1.165, 1.54) is 6.92 Å². The molecular weight excluding hydrogens is 376 g/mol. The number of esters is 1. The van der Waals surface area contributed by atoms with Gasteiger partial charge in [-0.1, -0.05) is 24.3 Å². The average molecular weight is 398 g/mol. The van der Waals surface area contributed by atoms with Crippen molar-refractivity contribution in [1.82, 2.24) is 10.2 Å². The summed E-state index contributed by atoms with van der Waals surface area (Å²) in [7, 11) is 1.16. The second kappa shape index (κ2) is 8.40. The van der Waals surface area contributed by atoms with Crippen LogP contribution in [0.3, 0.4) is 0 Å². The summed E-state index contributed by atoms with van der Waals surface area (Å²) in [6, 6.07) is 9.43. The van der Waals surface area contributed by atoms with Crippen molar-refractivity contribution in [2.75, 3.05) is 13.7 Å². The van der Waals surface area contributed by atoms with Crippen LogP contribution in [-0.4, -0.2) is 59.5 Å². The van der Waals surface area contributed by atoms with E-state index in [4.69, 9.17) is 0 Å². The van der Waals surface area contributed by atoms with E-state index < -0.39 is 35.8 Å². The molecule has 8 nitrogen and oxygen atoms in total. The number of methoxy groups -OCH3 is 1. The Morgan fingerprint density at radius 3 is 2.21 bits per heavy atom. The molecule has 3 amide bonds. The zero-order valence-electron chi connectivity index (χ0n) is 16.2. The molecule has 1 heterocycles. The first kappa shape index (κ1) is 20.5. The number of benzene rings is 2. The fourth-order valence-electron chi connectivity index (χ4n) is 3.43. The van der Waals surface area contributed by atoms with Gasteiger partial charge in [-0.15, -0.1) is 0 Å².